The van der Waals surface area contributed by atoms with Crippen molar-refractivity contribution in [3.8, 4) is 0 Å². The maximum absolute atomic E-state index is 5.82. The van der Waals surface area contributed by atoms with E-state index in [4.69, 9.17) is 4.74 Å². The molecule has 0 radical (unpaired) electrons. The van der Waals surface area contributed by atoms with Crippen LogP contribution in [0.25, 0.3) is 0 Å². The van der Waals surface area contributed by atoms with Gasteiger partial charge in [0.05, 0.1) is 18.8 Å². The van der Waals surface area contributed by atoms with Gasteiger partial charge < -0.3 is 15.0 Å². The lowest BCUT2D eigenvalue weighted by molar-refractivity contribution is 0.0299. The van der Waals surface area contributed by atoms with Crippen LogP contribution >= 0.6 is 15.9 Å². The van der Waals surface area contributed by atoms with E-state index < -0.39 is 0 Å². The average molecular weight is 341 g/mol. The normalized spacial score (nSPS) is 23.1. The average Bonchev–Trinajstić information content (AvgIpc) is 2.46. The summed E-state index contributed by atoms with van der Waals surface area (Å²) in [5.41, 5.74) is 2.70. The zero-order valence-electron chi connectivity index (χ0n) is 12.7. The lowest BCUT2D eigenvalue weighted by Gasteiger charge is -2.41. The molecule has 0 amide bonds. The van der Waals surface area contributed by atoms with Crippen molar-refractivity contribution in [2.45, 2.75) is 45.9 Å². The monoisotopic (exact) mass is 340 g/mol. The van der Waals surface area contributed by atoms with Crippen molar-refractivity contribution in [1.82, 2.24) is 5.32 Å². The van der Waals surface area contributed by atoms with Crippen LogP contribution in [0.2, 0.25) is 0 Å². The first kappa shape index (κ1) is 15.8. The van der Waals surface area contributed by atoms with Crippen LogP contribution in [0.4, 0.5) is 5.69 Å². The van der Waals surface area contributed by atoms with Gasteiger partial charge >= 0.3 is 0 Å². The standard InChI is InChI=1S/C16H25BrN2O/c1-4-15-11-20-12(3)10-19(15)16-8-14(17)7-6-13(16)9-18-5-2/h6-8,12,15,18H,4-5,9-11H2,1-3H3. The smallest absolute Gasteiger partial charge is 0.0723 e. The fourth-order valence-corrected chi connectivity index (χ4v) is 3.04. The molecule has 0 bridgehead atoms. The zero-order chi connectivity index (χ0) is 14.5. The molecule has 1 N–H and O–H groups in total. The molecule has 1 aromatic carbocycles. The van der Waals surface area contributed by atoms with Crippen molar-refractivity contribution < 1.29 is 4.74 Å². The van der Waals surface area contributed by atoms with E-state index in [1.54, 1.807) is 0 Å². The number of ether oxygens (including phenoxy) is 1. The van der Waals surface area contributed by atoms with Gasteiger partial charge in [-0.05, 0) is 37.6 Å². The lowest BCUT2D eigenvalue weighted by Crippen LogP contribution is -2.49. The van der Waals surface area contributed by atoms with Crippen molar-refractivity contribution in [2.24, 2.45) is 0 Å². The van der Waals surface area contributed by atoms with Crippen LogP contribution in [-0.4, -0.2) is 31.8 Å². The molecule has 1 fully saturated rings. The maximum atomic E-state index is 5.82. The van der Waals surface area contributed by atoms with Crippen LogP contribution in [0.1, 0.15) is 32.8 Å². The van der Waals surface area contributed by atoms with E-state index >= 15 is 0 Å². The second-order valence-corrected chi connectivity index (χ2v) is 6.33. The highest BCUT2D eigenvalue weighted by atomic mass is 79.9. The minimum Gasteiger partial charge on any atom is -0.375 e. The Morgan fingerprint density at radius 1 is 1.40 bits per heavy atom. The molecule has 1 aliphatic heterocycles. The minimum atomic E-state index is 0.295. The first-order valence-corrected chi connectivity index (χ1v) is 8.32. The Bertz CT molecular complexity index is 438. The van der Waals surface area contributed by atoms with Crippen molar-refractivity contribution in [3.05, 3.63) is 28.2 Å². The van der Waals surface area contributed by atoms with Gasteiger partial charge in [0.15, 0.2) is 0 Å². The Labute approximate surface area is 130 Å². The fraction of sp³-hybridized carbons (Fsp3) is 0.625. The van der Waals surface area contributed by atoms with Crippen molar-refractivity contribution in [3.63, 3.8) is 0 Å². The summed E-state index contributed by atoms with van der Waals surface area (Å²) < 4.78 is 6.96. The summed E-state index contributed by atoms with van der Waals surface area (Å²) >= 11 is 3.61. The third-order valence-corrected chi connectivity index (χ3v) is 4.35. The number of nitrogens with zero attached hydrogens (tertiary/aromatic N) is 1. The third kappa shape index (κ3) is 3.74. The molecular formula is C16H25BrN2O. The molecule has 2 unspecified atom stereocenters. The Balaban J connectivity index is 2.29. The first-order valence-electron chi connectivity index (χ1n) is 7.53. The number of hydrogen-bond acceptors (Lipinski definition) is 3. The molecule has 0 spiro atoms. The molecule has 0 saturated carbocycles. The van der Waals surface area contributed by atoms with Crippen LogP contribution in [0.3, 0.4) is 0 Å². The molecule has 3 nitrogen and oxygen atoms in total. The predicted molar refractivity (Wildman–Crippen MR) is 88.4 cm³/mol. The summed E-state index contributed by atoms with van der Waals surface area (Å²) in [6, 6.07) is 7.06. The molecule has 0 aromatic heterocycles. The molecule has 20 heavy (non-hydrogen) atoms. The number of anilines is 1. The Hall–Kier alpha value is -0.580. The fourth-order valence-electron chi connectivity index (χ4n) is 2.69. The van der Waals surface area contributed by atoms with E-state index in [0.29, 0.717) is 12.1 Å². The number of hydrogen-bond donors (Lipinski definition) is 1. The minimum absolute atomic E-state index is 0.295. The molecule has 112 valence electrons. The SMILES string of the molecule is CCNCc1ccc(Br)cc1N1CC(C)OCC1CC. The van der Waals surface area contributed by atoms with E-state index in [0.717, 1.165) is 37.1 Å². The third-order valence-electron chi connectivity index (χ3n) is 3.86. The number of morpholine rings is 1. The van der Waals surface area contributed by atoms with Gasteiger partial charge in [-0.25, -0.2) is 0 Å². The summed E-state index contributed by atoms with van der Waals surface area (Å²) in [5.74, 6) is 0. The molecule has 2 atom stereocenters. The van der Waals surface area contributed by atoms with Gasteiger partial charge in [-0.2, -0.15) is 0 Å². The maximum Gasteiger partial charge on any atom is 0.0723 e. The van der Waals surface area contributed by atoms with Gasteiger partial charge in [0.1, 0.15) is 0 Å². The quantitative estimate of drug-likeness (QED) is 0.886. The highest BCUT2D eigenvalue weighted by Gasteiger charge is 2.27. The second-order valence-electron chi connectivity index (χ2n) is 5.41. The van der Waals surface area contributed by atoms with Gasteiger partial charge in [0, 0.05) is 23.2 Å². The second kappa shape index (κ2) is 7.43. The van der Waals surface area contributed by atoms with E-state index in [1.165, 1.54) is 11.3 Å². The topological polar surface area (TPSA) is 24.5 Å². The van der Waals surface area contributed by atoms with Crippen LogP contribution in [0.5, 0.6) is 0 Å². The Morgan fingerprint density at radius 2 is 2.20 bits per heavy atom. The van der Waals surface area contributed by atoms with Crippen LogP contribution in [0, 0.1) is 0 Å². The Kier molecular flexibility index (Phi) is 5.87. The summed E-state index contributed by atoms with van der Waals surface area (Å²) in [7, 11) is 0. The van der Waals surface area contributed by atoms with Crippen LogP contribution in [-0.2, 0) is 11.3 Å². The molecule has 1 aliphatic rings. The van der Waals surface area contributed by atoms with E-state index in [-0.39, 0.29) is 0 Å². The largest absolute Gasteiger partial charge is 0.375 e. The predicted octanol–water partition coefficient (Wildman–Crippen LogP) is 3.56. The van der Waals surface area contributed by atoms with Gasteiger partial charge in [-0.1, -0.05) is 35.8 Å². The van der Waals surface area contributed by atoms with Gasteiger partial charge in [0.2, 0.25) is 0 Å². The highest BCUT2D eigenvalue weighted by molar-refractivity contribution is 9.10. The van der Waals surface area contributed by atoms with E-state index in [9.17, 15) is 0 Å². The zero-order valence-corrected chi connectivity index (χ0v) is 14.2. The molecule has 1 heterocycles. The number of rotatable bonds is 5. The molecular weight excluding hydrogens is 316 g/mol. The van der Waals surface area contributed by atoms with Crippen molar-refractivity contribution >= 4 is 21.6 Å². The van der Waals surface area contributed by atoms with Crippen molar-refractivity contribution in [1.29, 1.82) is 0 Å². The van der Waals surface area contributed by atoms with E-state index in [2.05, 4.69) is 65.1 Å². The molecule has 2 rings (SSSR count). The summed E-state index contributed by atoms with van der Waals surface area (Å²) in [5, 5.41) is 3.43. The molecule has 0 aliphatic carbocycles. The number of benzene rings is 1. The number of nitrogens with one attached hydrogen (secondary N) is 1. The molecule has 4 heteroatoms. The summed E-state index contributed by atoms with van der Waals surface area (Å²) in [6.45, 7) is 10.2. The van der Waals surface area contributed by atoms with Gasteiger partial charge in [0.25, 0.3) is 0 Å². The van der Waals surface area contributed by atoms with Gasteiger partial charge in [-0.3, -0.25) is 0 Å². The summed E-state index contributed by atoms with van der Waals surface area (Å²) in [4.78, 5) is 2.52. The summed E-state index contributed by atoms with van der Waals surface area (Å²) in [6.07, 6.45) is 1.41. The lowest BCUT2D eigenvalue weighted by atomic mass is 10.1. The highest BCUT2D eigenvalue weighted by Crippen LogP contribution is 2.30. The van der Waals surface area contributed by atoms with Crippen molar-refractivity contribution in [2.75, 3.05) is 24.6 Å². The van der Waals surface area contributed by atoms with E-state index in [1.807, 2.05) is 0 Å². The first-order chi connectivity index (χ1) is 9.65. The molecule has 1 aromatic rings. The van der Waals surface area contributed by atoms with Crippen LogP contribution in [0.15, 0.2) is 22.7 Å². The van der Waals surface area contributed by atoms with Crippen LogP contribution < -0.4 is 10.2 Å². The Morgan fingerprint density at radius 3 is 2.90 bits per heavy atom. The number of halogens is 1. The molecule has 1 saturated heterocycles. The van der Waals surface area contributed by atoms with Gasteiger partial charge in [-0.15, -0.1) is 0 Å².